The van der Waals surface area contributed by atoms with Crippen LogP contribution in [-0.2, 0) is 9.53 Å². The van der Waals surface area contributed by atoms with Gasteiger partial charge in [0.05, 0.1) is 5.56 Å². The lowest BCUT2D eigenvalue weighted by Crippen LogP contribution is -2.27. The van der Waals surface area contributed by atoms with Crippen molar-refractivity contribution in [3.05, 3.63) is 27.3 Å². The zero-order valence-corrected chi connectivity index (χ0v) is 11.7. The summed E-state index contributed by atoms with van der Waals surface area (Å²) in [6, 6.07) is 5.04. The molecule has 0 aliphatic carbocycles. The first-order valence-corrected chi connectivity index (χ1v) is 5.92. The van der Waals surface area contributed by atoms with Crippen LogP contribution < -0.4 is 5.73 Å². The highest BCUT2D eigenvalue weighted by atomic mass is 127. The molecule has 6 heteroatoms. The van der Waals surface area contributed by atoms with Gasteiger partial charge < -0.3 is 15.4 Å². The van der Waals surface area contributed by atoms with E-state index in [4.69, 9.17) is 10.5 Å². The second kappa shape index (κ2) is 5.85. The molecule has 2 N–H and O–H groups in total. The standard InChI is InChI=1S/C11H13IN2O3/c1-14(2)10(15)6-17-11(16)8-5-7(12)3-4-9(8)13/h3-5H,6,13H2,1-2H3. The van der Waals surface area contributed by atoms with Crippen LogP contribution in [0.25, 0.3) is 0 Å². The SMILES string of the molecule is CN(C)C(=O)COC(=O)c1cc(I)ccc1N. The van der Waals surface area contributed by atoms with Crippen LogP contribution in [0.2, 0.25) is 0 Å². The Morgan fingerprint density at radius 3 is 2.65 bits per heavy atom. The number of nitrogen functional groups attached to an aromatic ring is 1. The van der Waals surface area contributed by atoms with Crippen LogP contribution in [0.3, 0.4) is 0 Å². The maximum atomic E-state index is 11.7. The van der Waals surface area contributed by atoms with Gasteiger partial charge in [-0.25, -0.2) is 4.79 Å². The highest BCUT2D eigenvalue weighted by molar-refractivity contribution is 14.1. The molecule has 5 nitrogen and oxygen atoms in total. The topological polar surface area (TPSA) is 72.6 Å². The maximum Gasteiger partial charge on any atom is 0.340 e. The van der Waals surface area contributed by atoms with Gasteiger partial charge in [0, 0.05) is 23.4 Å². The van der Waals surface area contributed by atoms with Crippen molar-refractivity contribution in [2.75, 3.05) is 26.4 Å². The van der Waals surface area contributed by atoms with Gasteiger partial charge in [-0.15, -0.1) is 0 Å². The molecule has 0 spiro atoms. The van der Waals surface area contributed by atoms with Crippen LogP contribution in [0.15, 0.2) is 18.2 Å². The Morgan fingerprint density at radius 2 is 2.06 bits per heavy atom. The number of likely N-dealkylation sites (N-methyl/N-ethyl adjacent to an activating group) is 1. The molecule has 0 radical (unpaired) electrons. The van der Waals surface area contributed by atoms with Crippen molar-refractivity contribution >= 4 is 40.2 Å². The molecule has 0 heterocycles. The van der Waals surface area contributed by atoms with Gasteiger partial charge in [-0.2, -0.15) is 0 Å². The van der Waals surface area contributed by atoms with Crippen LogP contribution in [-0.4, -0.2) is 37.5 Å². The molecule has 0 unspecified atom stereocenters. The first-order chi connectivity index (χ1) is 7.91. The average molecular weight is 348 g/mol. The third-order valence-electron chi connectivity index (χ3n) is 2.06. The summed E-state index contributed by atoms with van der Waals surface area (Å²) in [4.78, 5) is 24.3. The molecular weight excluding hydrogens is 335 g/mol. The third-order valence-corrected chi connectivity index (χ3v) is 2.73. The lowest BCUT2D eigenvalue weighted by Gasteiger charge is -2.11. The van der Waals surface area contributed by atoms with E-state index in [1.807, 2.05) is 0 Å². The Kier molecular flexibility index (Phi) is 4.73. The first kappa shape index (κ1) is 13.8. The lowest BCUT2D eigenvalue weighted by molar-refractivity contribution is -0.131. The van der Waals surface area contributed by atoms with Gasteiger partial charge in [-0.1, -0.05) is 0 Å². The van der Waals surface area contributed by atoms with Crippen LogP contribution in [0, 0.1) is 3.57 Å². The number of carbonyl (C=O) groups is 2. The van der Waals surface area contributed by atoms with E-state index in [2.05, 4.69) is 22.6 Å². The lowest BCUT2D eigenvalue weighted by atomic mass is 10.2. The Hall–Kier alpha value is -1.31. The number of rotatable bonds is 3. The van der Waals surface area contributed by atoms with Gasteiger partial charge in [-0.05, 0) is 40.8 Å². The second-order valence-electron chi connectivity index (χ2n) is 3.60. The monoisotopic (exact) mass is 348 g/mol. The normalized spacial score (nSPS) is 9.82. The summed E-state index contributed by atoms with van der Waals surface area (Å²) < 4.78 is 5.75. The van der Waals surface area contributed by atoms with E-state index in [0.29, 0.717) is 5.69 Å². The summed E-state index contributed by atoms with van der Waals surface area (Å²) in [5.74, 6) is -0.862. The fourth-order valence-corrected chi connectivity index (χ4v) is 1.53. The van der Waals surface area contributed by atoms with Gasteiger partial charge >= 0.3 is 5.97 Å². The van der Waals surface area contributed by atoms with E-state index < -0.39 is 5.97 Å². The van der Waals surface area contributed by atoms with Crippen LogP contribution in [0.1, 0.15) is 10.4 Å². The van der Waals surface area contributed by atoms with Gasteiger partial charge in [0.1, 0.15) is 0 Å². The number of halogens is 1. The van der Waals surface area contributed by atoms with Crippen molar-refractivity contribution in [1.82, 2.24) is 4.90 Å². The predicted molar refractivity (Wildman–Crippen MR) is 72.5 cm³/mol. The van der Waals surface area contributed by atoms with Crippen molar-refractivity contribution < 1.29 is 14.3 Å². The molecule has 1 aromatic carbocycles. The summed E-state index contributed by atoms with van der Waals surface area (Å²) in [6.07, 6.45) is 0. The molecule has 0 atom stereocenters. The first-order valence-electron chi connectivity index (χ1n) is 4.84. The molecule has 0 bridgehead atoms. The number of benzene rings is 1. The number of hydrogen-bond donors (Lipinski definition) is 1. The van der Waals surface area contributed by atoms with Gasteiger partial charge in [-0.3, -0.25) is 4.79 Å². The van der Waals surface area contributed by atoms with Crippen LogP contribution >= 0.6 is 22.6 Å². The number of esters is 1. The highest BCUT2D eigenvalue weighted by Crippen LogP contribution is 2.16. The minimum Gasteiger partial charge on any atom is -0.452 e. The van der Waals surface area contributed by atoms with E-state index in [1.54, 1.807) is 32.3 Å². The Morgan fingerprint density at radius 1 is 1.41 bits per heavy atom. The van der Waals surface area contributed by atoms with Gasteiger partial charge in [0.25, 0.3) is 5.91 Å². The molecule has 0 saturated carbocycles. The molecule has 0 fully saturated rings. The number of nitrogens with zero attached hydrogens (tertiary/aromatic N) is 1. The molecule has 0 saturated heterocycles. The zero-order chi connectivity index (χ0) is 13.0. The number of ether oxygens (including phenoxy) is 1. The average Bonchev–Trinajstić information content (AvgIpc) is 2.28. The summed E-state index contributed by atoms with van der Waals surface area (Å²) in [5, 5.41) is 0. The van der Waals surface area contributed by atoms with Crippen molar-refractivity contribution in [1.29, 1.82) is 0 Å². The van der Waals surface area contributed by atoms with Crippen molar-refractivity contribution in [2.45, 2.75) is 0 Å². The summed E-state index contributed by atoms with van der Waals surface area (Å²) >= 11 is 2.07. The number of anilines is 1. The molecule has 1 rings (SSSR count). The molecule has 1 aromatic rings. The molecule has 0 aromatic heterocycles. The highest BCUT2D eigenvalue weighted by Gasteiger charge is 2.14. The Bertz CT molecular complexity index is 446. The van der Waals surface area contributed by atoms with E-state index in [-0.39, 0.29) is 18.1 Å². The summed E-state index contributed by atoms with van der Waals surface area (Å²) in [5.41, 5.74) is 6.28. The summed E-state index contributed by atoms with van der Waals surface area (Å²) in [6.45, 7) is -0.281. The number of amides is 1. The number of nitrogens with two attached hydrogens (primary N) is 1. The fourth-order valence-electron chi connectivity index (χ4n) is 1.04. The number of carbonyl (C=O) groups excluding carboxylic acids is 2. The second-order valence-corrected chi connectivity index (χ2v) is 4.84. The largest absolute Gasteiger partial charge is 0.452 e. The van der Waals surface area contributed by atoms with Crippen LogP contribution in [0.4, 0.5) is 5.69 Å². The minimum absolute atomic E-state index is 0.275. The Labute approximate surface area is 113 Å². The van der Waals surface area contributed by atoms with Crippen molar-refractivity contribution in [3.8, 4) is 0 Å². The number of hydrogen-bond acceptors (Lipinski definition) is 4. The van der Waals surface area contributed by atoms with Crippen molar-refractivity contribution in [2.24, 2.45) is 0 Å². The molecule has 0 aliphatic rings. The van der Waals surface area contributed by atoms with E-state index >= 15 is 0 Å². The third kappa shape index (κ3) is 3.88. The summed E-state index contributed by atoms with van der Waals surface area (Å²) in [7, 11) is 3.19. The Balaban J connectivity index is 2.70. The molecular formula is C11H13IN2O3. The quantitative estimate of drug-likeness (QED) is 0.505. The van der Waals surface area contributed by atoms with Crippen molar-refractivity contribution in [3.63, 3.8) is 0 Å². The van der Waals surface area contributed by atoms with Gasteiger partial charge in [0.15, 0.2) is 6.61 Å². The van der Waals surface area contributed by atoms with E-state index in [9.17, 15) is 9.59 Å². The molecule has 92 valence electrons. The maximum absolute atomic E-state index is 11.7. The van der Waals surface area contributed by atoms with Gasteiger partial charge in [0.2, 0.25) is 0 Å². The molecule has 1 amide bonds. The smallest absolute Gasteiger partial charge is 0.340 e. The predicted octanol–water partition coefficient (Wildman–Crippen LogP) is 1.12. The van der Waals surface area contributed by atoms with Crippen LogP contribution in [0.5, 0.6) is 0 Å². The van der Waals surface area contributed by atoms with E-state index in [0.717, 1.165) is 3.57 Å². The molecule has 0 aliphatic heterocycles. The molecule has 17 heavy (non-hydrogen) atoms. The minimum atomic E-state index is -0.587. The van der Waals surface area contributed by atoms with E-state index in [1.165, 1.54) is 4.90 Å². The zero-order valence-electron chi connectivity index (χ0n) is 9.57. The fraction of sp³-hybridized carbons (Fsp3) is 0.273.